The first-order valence-electron chi connectivity index (χ1n) is 10.6. The van der Waals surface area contributed by atoms with Gasteiger partial charge in [-0.1, -0.05) is 47.7 Å². The lowest BCUT2D eigenvalue weighted by atomic mass is 10.0. The molecule has 1 atom stereocenters. The highest BCUT2D eigenvalue weighted by Gasteiger charge is 2.25. The molecule has 4 aromatic rings. The van der Waals surface area contributed by atoms with Crippen LogP contribution < -0.4 is 5.32 Å². The van der Waals surface area contributed by atoms with Crippen LogP contribution >= 0.6 is 11.3 Å². The molecule has 0 saturated carbocycles. The Morgan fingerprint density at radius 2 is 1.82 bits per heavy atom. The van der Waals surface area contributed by atoms with Crippen LogP contribution in [0.25, 0.3) is 22.2 Å². The Kier molecular flexibility index (Phi) is 6.98. The maximum absolute atomic E-state index is 12.8. The summed E-state index contributed by atoms with van der Waals surface area (Å²) in [5.41, 5.74) is 3.07. The van der Waals surface area contributed by atoms with Gasteiger partial charge < -0.3 is 14.8 Å². The summed E-state index contributed by atoms with van der Waals surface area (Å²) in [6.07, 6.45) is -1.10. The molecule has 0 saturated heterocycles. The van der Waals surface area contributed by atoms with Gasteiger partial charge in [-0.25, -0.2) is 9.48 Å². The van der Waals surface area contributed by atoms with Crippen molar-refractivity contribution in [1.82, 2.24) is 15.0 Å². The van der Waals surface area contributed by atoms with E-state index in [1.165, 1.54) is 22.9 Å². The van der Waals surface area contributed by atoms with Crippen molar-refractivity contribution >= 4 is 45.2 Å². The van der Waals surface area contributed by atoms with E-state index in [1.807, 2.05) is 42.5 Å². The van der Waals surface area contributed by atoms with Crippen LogP contribution in [-0.4, -0.2) is 45.6 Å². The van der Waals surface area contributed by atoms with Gasteiger partial charge in [0, 0.05) is 10.9 Å². The number of para-hydroxylation sites is 1. The van der Waals surface area contributed by atoms with Crippen LogP contribution in [0.15, 0.2) is 60.0 Å². The maximum Gasteiger partial charge on any atom is 0.341 e. The van der Waals surface area contributed by atoms with Gasteiger partial charge in [-0.05, 0) is 31.5 Å². The Morgan fingerprint density at radius 3 is 2.59 bits per heavy atom. The highest BCUT2D eigenvalue weighted by atomic mass is 32.1. The number of thiophene rings is 1. The largest absolute Gasteiger partial charge is 0.462 e. The van der Waals surface area contributed by atoms with Crippen LogP contribution in [0.4, 0.5) is 5.00 Å². The van der Waals surface area contributed by atoms with Crippen LogP contribution in [0.5, 0.6) is 0 Å². The predicted molar refractivity (Wildman–Crippen MR) is 127 cm³/mol. The van der Waals surface area contributed by atoms with Crippen molar-refractivity contribution in [2.45, 2.75) is 26.5 Å². The zero-order valence-electron chi connectivity index (χ0n) is 18.6. The SMILES string of the molecule is CCOC(=O)c1c(-c2ccccc2)csc1NC(=O)C(C)OC(=O)Cn1nnc2ccccc21. The fourth-order valence-electron chi connectivity index (χ4n) is 3.34. The number of ether oxygens (including phenoxy) is 2. The number of amides is 1. The second kappa shape index (κ2) is 10.3. The van der Waals surface area contributed by atoms with Gasteiger partial charge in [0.1, 0.15) is 22.6 Å². The number of carbonyl (C=O) groups excluding carboxylic acids is 3. The van der Waals surface area contributed by atoms with E-state index < -0.39 is 23.9 Å². The molecule has 174 valence electrons. The number of nitrogens with one attached hydrogen (secondary N) is 1. The number of nitrogens with zero attached hydrogens (tertiary/aromatic N) is 3. The summed E-state index contributed by atoms with van der Waals surface area (Å²) >= 11 is 1.20. The Balaban J connectivity index is 1.46. The lowest BCUT2D eigenvalue weighted by Gasteiger charge is -2.14. The normalized spacial score (nSPS) is 11.7. The van der Waals surface area contributed by atoms with Crippen molar-refractivity contribution in [2.75, 3.05) is 11.9 Å². The molecule has 1 unspecified atom stereocenters. The van der Waals surface area contributed by atoms with Crippen molar-refractivity contribution in [2.24, 2.45) is 0 Å². The molecular formula is C24H22N4O5S. The van der Waals surface area contributed by atoms with E-state index in [1.54, 1.807) is 24.4 Å². The van der Waals surface area contributed by atoms with Crippen LogP contribution in [0.1, 0.15) is 24.2 Å². The third kappa shape index (κ3) is 4.96. The molecule has 10 heteroatoms. The molecule has 2 aromatic heterocycles. The fraction of sp³-hybridized carbons (Fsp3) is 0.208. The van der Waals surface area contributed by atoms with Gasteiger partial charge in [0.25, 0.3) is 5.91 Å². The van der Waals surface area contributed by atoms with Crippen molar-refractivity contribution in [3.05, 3.63) is 65.5 Å². The van der Waals surface area contributed by atoms with Crippen LogP contribution in [0.2, 0.25) is 0 Å². The highest BCUT2D eigenvalue weighted by molar-refractivity contribution is 7.15. The summed E-state index contributed by atoms with van der Waals surface area (Å²) in [6, 6.07) is 16.5. The molecule has 0 fully saturated rings. The van der Waals surface area contributed by atoms with Gasteiger partial charge in [-0.3, -0.25) is 9.59 Å². The number of carbonyl (C=O) groups is 3. The van der Waals surface area contributed by atoms with E-state index in [9.17, 15) is 14.4 Å². The molecule has 4 rings (SSSR count). The molecule has 0 spiro atoms. The first kappa shape index (κ1) is 23.1. The van der Waals surface area contributed by atoms with E-state index in [4.69, 9.17) is 9.47 Å². The minimum atomic E-state index is -1.10. The molecule has 34 heavy (non-hydrogen) atoms. The zero-order valence-corrected chi connectivity index (χ0v) is 19.4. The van der Waals surface area contributed by atoms with Crippen molar-refractivity contribution < 1.29 is 23.9 Å². The third-order valence-electron chi connectivity index (χ3n) is 4.97. The Hall–Kier alpha value is -4.05. The Morgan fingerprint density at radius 1 is 1.09 bits per heavy atom. The lowest BCUT2D eigenvalue weighted by Crippen LogP contribution is -2.31. The quantitative estimate of drug-likeness (QED) is 0.382. The van der Waals surface area contributed by atoms with Crippen LogP contribution in [0, 0.1) is 0 Å². The standard InChI is InChI=1S/C24H22N4O5S/c1-3-32-24(31)21-17(16-9-5-4-6-10-16)14-34-23(21)25-22(30)15(2)33-20(29)13-28-19-12-8-7-11-18(19)26-27-28/h4-12,14-15H,3,13H2,1-2H3,(H,25,30). The lowest BCUT2D eigenvalue weighted by molar-refractivity contribution is -0.153. The minimum Gasteiger partial charge on any atom is -0.462 e. The molecule has 1 amide bonds. The molecule has 0 aliphatic carbocycles. The summed E-state index contributed by atoms with van der Waals surface area (Å²) in [4.78, 5) is 37.8. The topological polar surface area (TPSA) is 112 Å². The molecule has 0 aliphatic rings. The first-order chi connectivity index (χ1) is 16.5. The number of hydrogen-bond acceptors (Lipinski definition) is 8. The molecule has 2 aromatic carbocycles. The van der Waals surface area contributed by atoms with E-state index >= 15 is 0 Å². The summed E-state index contributed by atoms with van der Waals surface area (Å²) in [6.45, 7) is 3.18. The predicted octanol–water partition coefficient (Wildman–Crippen LogP) is 3.91. The third-order valence-corrected chi connectivity index (χ3v) is 5.86. The van der Waals surface area contributed by atoms with Gasteiger partial charge in [0.15, 0.2) is 6.10 Å². The number of esters is 2. The summed E-state index contributed by atoms with van der Waals surface area (Å²) in [5.74, 6) is -1.75. The van der Waals surface area contributed by atoms with Crippen molar-refractivity contribution in [3.63, 3.8) is 0 Å². The molecular weight excluding hydrogens is 456 g/mol. The molecule has 0 aliphatic heterocycles. The minimum absolute atomic E-state index is 0.191. The average molecular weight is 479 g/mol. The number of benzene rings is 2. The number of hydrogen-bond donors (Lipinski definition) is 1. The number of fused-ring (bicyclic) bond motifs is 1. The van der Waals surface area contributed by atoms with E-state index in [0.717, 1.165) is 5.56 Å². The molecule has 0 bridgehead atoms. The number of anilines is 1. The van der Waals surface area contributed by atoms with Gasteiger partial charge >= 0.3 is 11.9 Å². The second-order valence-electron chi connectivity index (χ2n) is 7.30. The summed E-state index contributed by atoms with van der Waals surface area (Å²) in [7, 11) is 0. The molecule has 2 heterocycles. The van der Waals surface area contributed by atoms with Crippen LogP contribution in [0.3, 0.4) is 0 Å². The zero-order chi connectivity index (χ0) is 24.1. The second-order valence-corrected chi connectivity index (χ2v) is 8.18. The monoisotopic (exact) mass is 478 g/mol. The number of aromatic nitrogens is 3. The van der Waals surface area contributed by atoms with E-state index in [-0.39, 0.29) is 18.7 Å². The average Bonchev–Trinajstić information content (AvgIpc) is 3.44. The smallest absolute Gasteiger partial charge is 0.341 e. The van der Waals surface area contributed by atoms with Gasteiger partial charge in [-0.15, -0.1) is 16.4 Å². The van der Waals surface area contributed by atoms with E-state index in [0.29, 0.717) is 21.6 Å². The number of rotatable bonds is 8. The molecule has 9 nitrogen and oxygen atoms in total. The van der Waals surface area contributed by atoms with Crippen molar-refractivity contribution in [3.8, 4) is 11.1 Å². The fourth-order valence-corrected chi connectivity index (χ4v) is 4.30. The van der Waals surface area contributed by atoms with Crippen LogP contribution in [-0.2, 0) is 25.6 Å². The molecule has 0 radical (unpaired) electrons. The highest BCUT2D eigenvalue weighted by Crippen LogP contribution is 2.36. The van der Waals surface area contributed by atoms with Crippen molar-refractivity contribution in [1.29, 1.82) is 0 Å². The Bertz CT molecular complexity index is 1330. The first-order valence-corrected chi connectivity index (χ1v) is 11.5. The van der Waals surface area contributed by atoms with Gasteiger partial charge in [0.05, 0.1) is 12.1 Å². The molecule has 1 N–H and O–H groups in total. The van der Waals surface area contributed by atoms with Gasteiger partial charge in [0.2, 0.25) is 0 Å². The summed E-state index contributed by atoms with van der Waals surface area (Å²) < 4.78 is 11.9. The Labute approximate surface area is 199 Å². The van der Waals surface area contributed by atoms with E-state index in [2.05, 4.69) is 15.6 Å². The summed E-state index contributed by atoms with van der Waals surface area (Å²) in [5, 5.41) is 12.8. The maximum atomic E-state index is 12.8. The van der Waals surface area contributed by atoms with Gasteiger partial charge in [-0.2, -0.15) is 0 Å².